The first-order chi connectivity index (χ1) is 13.9. The molecule has 3 N–H and O–H groups in total. The van der Waals surface area contributed by atoms with Crippen LogP contribution in [0, 0.1) is 11.3 Å². The Hall–Kier alpha value is -3.96. The smallest absolute Gasteiger partial charge is 0.267 e. The average molecular weight is 408 g/mol. The number of amides is 2. The fraction of sp³-hybridized carbons (Fsp3) is 0.0500. The fourth-order valence-corrected chi connectivity index (χ4v) is 2.71. The predicted molar refractivity (Wildman–Crippen MR) is 107 cm³/mol. The van der Waals surface area contributed by atoms with Gasteiger partial charge in [-0.15, -0.1) is 0 Å². The molecule has 0 unspecified atom stereocenters. The number of carbonyl (C=O) groups excluding carboxylic acids is 2. The third-order valence-electron chi connectivity index (χ3n) is 3.93. The van der Waals surface area contributed by atoms with Crippen LogP contribution in [-0.2, 0) is 11.3 Å². The van der Waals surface area contributed by atoms with Gasteiger partial charge in [0.2, 0.25) is 11.8 Å². The molecule has 0 aliphatic carbocycles. The minimum absolute atomic E-state index is 0.0828. The number of nitrogens with two attached hydrogens (primary N) is 1. The Labute approximate surface area is 170 Å². The van der Waals surface area contributed by atoms with Gasteiger partial charge >= 0.3 is 0 Å². The van der Waals surface area contributed by atoms with Crippen LogP contribution >= 0.6 is 11.6 Å². The summed E-state index contributed by atoms with van der Waals surface area (Å²) in [6, 6.07) is 15.7. The van der Waals surface area contributed by atoms with Crippen LogP contribution < -0.4 is 16.6 Å². The molecule has 1 aromatic heterocycles. The van der Waals surface area contributed by atoms with E-state index in [-0.39, 0.29) is 23.4 Å². The van der Waals surface area contributed by atoms with Crippen LogP contribution in [0.25, 0.3) is 11.3 Å². The number of halogens is 1. The first-order valence-electron chi connectivity index (χ1n) is 8.34. The van der Waals surface area contributed by atoms with Gasteiger partial charge in [-0.2, -0.15) is 10.4 Å². The molecule has 0 aliphatic rings. The van der Waals surface area contributed by atoms with Gasteiger partial charge in [-0.3, -0.25) is 14.4 Å². The summed E-state index contributed by atoms with van der Waals surface area (Å²) in [6.45, 7) is -0.358. The summed E-state index contributed by atoms with van der Waals surface area (Å²) in [6.07, 6.45) is 0. The maximum absolute atomic E-state index is 12.4. The molecule has 0 saturated heterocycles. The summed E-state index contributed by atoms with van der Waals surface area (Å²) in [7, 11) is 0. The van der Waals surface area contributed by atoms with Crippen LogP contribution in [0.1, 0.15) is 15.9 Å². The number of aromatic nitrogens is 2. The van der Waals surface area contributed by atoms with Gasteiger partial charge in [0.05, 0.1) is 17.3 Å². The third kappa shape index (κ3) is 4.86. The van der Waals surface area contributed by atoms with Crippen molar-refractivity contribution >= 4 is 29.1 Å². The summed E-state index contributed by atoms with van der Waals surface area (Å²) >= 11 is 5.88. The first-order valence-corrected chi connectivity index (χ1v) is 8.72. The van der Waals surface area contributed by atoms with Crippen molar-refractivity contribution in [3.63, 3.8) is 0 Å². The highest BCUT2D eigenvalue weighted by atomic mass is 35.5. The number of anilines is 1. The minimum Gasteiger partial charge on any atom is -0.366 e. The predicted octanol–water partition coefficient (Wildman–Crippen LogP) is 2.17. The second-order valence-electron chi connectivity index (χ2n) is 6.04. The van der Waals surface area contributed by atoms with Crippen molar-refractivity contribution in [2.45, 2.75) is 6.54 Å². The molecule has 1 heterocycles. The SMILES string of the molecule is N#Cc1cc(NC(=O)Cn2nc(-c3ccc(Cl)cc3)ccc2=O)cc(C(N)=O)c1. The van der Waals surface area contributed by atoms with Gasteiger partial charge in [0.25, 0.3) is 5.56 Å². The van der Waals surface area contributed by atoms with Gasteiger partial charge in [0.15, 0.2) is 0 Å². The van der Waals surface area contributed by atoms with E-state index in [1.54, 1.807) is 30.3 Å². The molecular weight excluding hydrogens is 394 g/mol. The largest absolute Gasteiger partial charge is 0.366 e. The van der Waals surface area contributed by atoms with Crippen LogP contribution in [0.15, 0.2) is 59.4 Å². The molecule has 8 nitrogen and oxygen atoms in total. The van der Waals surface area contributed by atoms with E-state index in [0.717, 1.165) is 10.2 Å². The van der Waals surface area contributed by atoms with E-state index in [4.69, 9.17) is 22.6 Å². The van der Waals surface area contributed by atoms with E-state index < -0.39 is 17.4 Å². The highest BCUT2D eigenvalue weighted by Crippen LogP contribution is 2.18. The van der Waals surface area contributed by atoms with Gasteiger partial charge in [0.1, 0.15) is 6.54 Å². The van der Waals surface area contributed by atoms with E-state index in [1.807, 2.05) is 6.07 Å². The van der Waals surface area contributed by atoms with Crippen molar-refractivity contribution in [3.05, 3.63) is 81.1 Å². The average Bonchev–Trinajstić information content (AvgIpc) is 2.70. The van der Waals surface area contributed by atoms with E-state index in [9.17, 15) is 14.4 Å². The molecule has 0 radical (unpaired) electrons. The Morgan fingerprint density at radius 3 is 2.52 bits per heavy atom. The number of nitrogens with zero attached hydrogens (tertiary/aromatic N) is 3. The summed E-state index contributed by atoms with van der Waals surface area (Å²) in [5.74, 6) is -1.29. The van der Waals surface area contributed by atoms with Crippen molar-refractivity contribution in [1.82, 2.24) is 9.78 Å². The summed E-state index contributed by atoms with van der Waals surface area (Å²) < 4.78 is 1.02. The molecule has 0 bridgehead atoms. The fourth-order valence-electron chi connectivity index (χ4n) is 2.58. The Balaban J connectivity index is 1.82. The van der Waals surface area contributed by atoms with Crippen molar-refractivity contribution < 1.29 is 9.59 Å². The van der Waals surface area contributed by atoms with E-state index >= 15 is 0 Å². The number of hydrogen-bond donors (Lipinski definition) is 2. The topological polar surface area (TPSA) is 131 Å². The zero-order chi connectivity index (χ0) is 21.0. The number of nitrogens with one attached hydrogen (secondary N) is 1. The van der Waals surface area contributed by atoms with E-state index in [2.05, 4.69) is 10.4 Å². The monoisotopic (exact) mass is 407 g/mol. The quantitative estimate of drug-likeness (QED) is 0.669. The van der Waals surface area contributed by atoms with Crippen molar-refractivity contribution in [3.8, 4) is 17.3 Å². The molecule has 0 saturated carbocycles. The number of primary amides is 1. The first kappa shape index (κ1) is 19.8. The molecule has 0 spiro atoms. The van der Waals surface area contributed by atoms with Crippen molar-refractivity contribution in [2.75, 3.05) is 5.32 Å². The number of benzene rings is 2. The lowest BCUT2D eigenvalue weighted by Gasteiger charge is -2.09. The lowest BCUT2D eigenvalue weighted by atomic mass is 10.1. The van der Waals surface area contributed by atoms with E-state index in [1.165, 1.54) is 24.3 Å². The van der Waals surface area contributed by atoms with Crippen LogP contribution in [0.3, 0.4) is 0 Å². The Morgan fingerprint density at radius 1 is 1.14 bits per heavy atom. The van der Waals surface area contributed by atoms with Crippen molar-refractivity contribution in [2.24, 2.45) is 5.73 Å². The lowest BCUT2D eigenvalue weighted by Crippen LogP contribution is -2.29. The summed E-state index contributed by atoms with van der Waals surface area (Å²) in [5, 5.41) is 16.4. The molecule has 2 aromatic carbocycles. The summed E-state index contributed by atoms with van der Waals surface area (Å²) in [4.78, 5) is 35.8. The molecule has 9 heteroatoms. The van der Waals surface area contributed by atoms with Gasteiger partial charge in [0, 0.05) is 27.9 Å². The Kier molecular flexibility index (Phi) is 5.71. The van der Waals surface area contributed by atoms with Gasteiger partial charge in [-0.1, -0.05) is 23.7 Å². The molecule has 29 heavy (non-hydrogen) atoms. The molecule has 2 amide bonds. The molecule has 144 valence electrons. The van der Waals surface area contributed by atoms with E-state index in [0.29, 0.717) is 10.7 Å². The zero-order valence-electron chi connectivity index (χ0n) is 14.9. The molecule has 0 atom stereocenters. The zero-order valence-corrected chi connectivity index (χ0v) is 15.7. The van der Waals surface area contributed by atoms with Crippen molar-refractivity contribution in [1.29, 1.82) is 5.26 Å². The van der Waals surface area contributed by atoms with Crippen LogP contribution in [0.2, 0.25) is 5.02 Å². The third-order valence-corrected chi connectivity index (χ3v) is 4.18. The van der Waals surface area contributed by atoms with Gasteiger partial charge in [-0.25, -0.2) is 4.68 Å². The normalized spacial score (nSPS) is 10.2. The van der Waals surface area contributed by atoms with Crippen LogP contribution in [0.4, 0.5) is 5.69 Å². The maximum Gasteiger partial charge on any atom is 0.267 e. The molecule has 0 aliphatic heterocycles. The van der Waals surface area contributed by atoms with Crippen LogP contribution in [-0.4, -0.2) is 21.6 Å². The Morgan fingerprint density at radius 2 is 1.86 bits per heavy atom. The van der Waals surface area contributed by atoms with Gasteiger partial charge in [-0.05, 0) is 36.4 Å². The molecule has 0 fully saturated rings. The number of nitriles is 1. The number of carbonyl (C=O) groups is 2. The van der Waals surface area contributed by atoms with Gasteiger partial charge < -0.3 is 11.1 Å². The lowest BCUT2D eigenvalue weighted by molar-refractivity contribution is -0.117. The second-order valence-corrected chi connectivity index (χ2v) is 6.48. The number of rotatable bonds is 5. The highest BCUT2D eigenvalue weighted by molar-refractivity contribution is 6.30. The molecule has 3 rings (SSSR count). The maximum atomic E-state index is 12.4. The second kappa shape index (κ2) is 8.37. The van der Waals surface area contributed by atoms with Crippen LogP contribution in [0.5, 0.6) is 0 Å². The number of hydrogen-bond acceptors (Lipinski definition) is 5. The molecule has 3 aromatic rings. The minimum atomic E-state index is -0.730. The Bertz CT molecular complexity index is 1200. The highest BCUT2D eigenvalue weighted by Gasteiger charge is 2.11. The molecular formula is C20H14ClN5O3. The standard InChI is InChI=1S/C20H14ClN5O3/c21-15-3-1-13(2-4-15)17-5-6-19(28)26(25-17)11-18(27)24-16-8-12(10-22)7-14(9-16)20(23)29/h1-9H,11H2,(H2,23,29)(H,24,27). The summed E-state index contributed by atoms with van der Waals surface area (Å²) in [5.41, 5.74) is 6.47.